The molecular weight excluding hydrogens is 327 g/mol. The second kappa shape index (κ2) is 4.86. The smallest absolute Gasteiger partial charge is 0.261 e. The fourth-order valence-electron chi connectivity index (χ4n) is 2.69. The summed E-state index contributed by atoms with van der Waals surface area (Å²) in [6, 6.07) is 4.30. The van der Waals surface area contributed by atoms with E-state index in [-0.39, 0.29) is 12.4 Å². The number of nitrogens with zero attached hydrogens (tertiary/aromatic N) is 2. The van der Waals surface area contributed by atoms with Gasteiger partial charge in [-0.05, 0) is 36.6 Å². The molecule has 0 aliphatic carbocycles. The third kappa shape index (κ3) is 1.86. The summed E-state index contributed by atoms with van der Waals surface area (Å²) in [5.41, 5.74) is 0.435. The Morgan fingerprint density at radius 1 is 1.55 bits per heavy atom. The minimum Gasteiger partial charge on any atom is -0.390 e. The van der Waals surface area contributed by atoms with E-state index in [0.29, 0.717) is 22.4 Å². The highest BCUT2D eigenvalue weighted by Crippen LogP contribution is 2.42. The first-order valence-electron chi connectivity index (χ1n) is 6.37. The van der Waals surface area contributed by atoms with Gasteiger partial charge in [0, 0.05) is 16.6 Å². The molecule has 20 heavy (non-hydrogen) atoms. The van der Waals surface area contributed by atoms with Crippen LogP contribution in [-0.2, 0) is 10.6 Å². The van der Waals surface area contributed by atoms with Crippen LogP contribution in [-0.4, -0.2) is 29.0 Å². The summed E-state index contributed by atoms with van der Waals surface area (Å²) in [7, 11) is 0. The molecule has 4 nitrogen and oxygen atoms in total. The third-order valence-corrected chi connectivity index (χ3v) is 4.37. The Bertz CT molecular complexity index is 605. The predicted molar refractivity (Wildman–Crippen MR) is 76.5 cm³/mol. The summed E-state index contributed by atoms with van der Waals surface area (Å²) < 4.78 is 13.8. The van der Waals surface area contributed by atoms with Gasteiger partial charge in [0.15, 0.2) is 5.84 Å². The van der Waals surface area contributed by atoms with Crippen LogP contribution < -0.4 is 0 Å². The van der Waals surface area contributed by atoms with Crippen LogP contribution in [0.4, 0.5) is 4.39 Å². The lowest BCUT2D eigenvalue weighted by atomic mass is 9.96. The molecule has 1 atom stereocenters. The minimum atomic E-state index is -1.11. The summed E-state index contributed by atoms with van der Waals surface area (Å²) in [4.78, 5) is 7.46. The van der Waals surface area contributed by atoms with Gasteiger partial charge in [-0.15, -0.1) is 0 Å². The second-order valence-corrected chi connectivity index (χ2v) is 5.79. The maximum atomic E-state index is 13.3. The number of halogens is 2. The molecule has 0 amide bonds. The molecule has 6 heteroatoms. The Labute approximate surface area is 124 Å². The number of fused-ring (bicyclic) bond motifs is 1. The fourth-order valence-corrected chi connectivity index (χ4v) is 3.35. The molecule has 1 unspecified atom stereocenters. The van der Waals surface area contributed by atoms with Crippen molar-refractivity contribution in [1.82, 2.24) is 4.90 Å². The van der Waals surface area contributed by atoms with Crippen molar-refractivity contribution in [2.45, 2.75) is 18.6 Å². The highest BCUT2D eigenvalue weighted by molar-refractivity contribution is 9.10. The van der Waals surface area contributed by atoms with Crippen LogP contribution >= 0.6 is 15.9 Å². The monoisotopic (exact) mass is 340 g/mol. The molecule has 1 aromatic rings. The molecule has 0 aromatic heterocycles. The van der Waals surface area contributed by atoms with Crippen LogP contribution in [0.2, 0.25) is 0 Å². The molecule has 0 bridgehead atoms. The number of hydrogen-bond acceptors (Lipinski definition) is 4. The Morgan fingerprint density at radius 2 is 2.35 bits per heavy atom. The number of aliphatic hydroxyl groups excluding tert-OH is 1. The predicted octanol–water partition coefficient (Wildman–Crippen LogP) is 2.73. The fraction of sp³-hybridized carbons (Fsp3) is 0.357. The molecule has 0 spiro atoms. The summed E-state index contributed by atoms with van der Waals surface area (Å²) in [5, 5.41) is 14.0. The van der Waals surface area contributed by atoms with Crippen molar-refractivity contribution in [3.05, 3.63) is 46.2 Å². The van der Waals surface area contributed by atoms with E-state index in [0.717, 1.165) is 18.4 Å². The topological polar surface area (TPSA) is 45.1 Å². The van der Waals surface area contributed by atoms with Gasteiger partial charge in [-0.2, -0.15) is 0 Å². The second-order valence-electron chi connectivity index (χ2n) is 4.93. The first-order chi connectivity index (χ1) is 9.58. The Balaban J connectivity index is 2.07. The van der Waals surface area contributed by atoms with Crippen LogP contribution in [0, 0.1) is 5.82 Å². The van der Waals surface area contributed by atoms with Crippen molar-refractivity contribution in [3.8, 4) is 0 Å². The molecular formula is C14H14BrFN2O2. The zero-order valence-electron chi connectivity index (χ0n) is 10.8. The quantitative estimate of drug-likeness (QED) is 0.900. The van der Waals surface area contributed by atoms with Gasteiger partial charge in [0.2, 0.25) is 0 Å². The van der Waals surface area contributed by atoms with E-state index in [4.69, 9.17) is 4.84 Å². The normalized spacial score (nSPS) is 25.2. The summed E-state index contributed by atoms with van der Waals surface area (Å²) in [6.07, 6.45) is 1.78. The highest BCUT2D eigenvalue weighted by Gasteiger charge is 2.49. The van der Waals surface area contributed by atoms with E-state index < -0.39 is 5.72 Å². The number of hydrogen-bond donors (Lipinski definition) is 1. The van der Waals surface area contributed by atoms with Crippen molar-refractivity contribution in [3.63, 3.8) is 0 Å². The number of amidine groups is 1. The van der Waals surface area contributed by atoms with E-state index in [1.165, 1.54) is 12.1 Å². The molecule has 1 aromatic carbocycles. The Kier molecular flexibility index (Phi) is 3.30. The summed E-state index contributed by atoms with van der Waals surface area (Å²) in [6.45, 7) is 4.41. The van der Waals surface area contributed by atoms with E-state index in [1.54, 1.807) is 6.07 Å². The van der Waals surface area contributed by atoms with Gasteiger partial charge in [0.05, 0.1) is 0 Å². The first kappa shape index (κ1) is 13.6. The van der Waals surface area contributed by atoms with Gasteiger partial charge in [0.25, 0.3) is 5.72 Å². The largest absolute Gasteiger partial charge is 0.390 e. The zero-order valence-corrected chi connectivity index (χ0v) is 12.4. The summed E-state index contributed by atoms with van der Waals surface area (Å²) >= 11 is 3.33. The van der Waals surface area contributed by atoms with Crippen molar-refractivity contribution in [1.29, 1.82) is 0 Å². The average Bonchev–Trinajstić information content (AvgIpc) is 2.80. The standard InChI is InChI=1S/C14H14BrFN2O2/c1-9-3-2-6-18-13(9)17-20-14(18,8-19)11-5-4-10(16)7-12(11)15/h4-5,7,19H,1-3,6,8H2. The lowest BCUT2D eigenvalue weighted by Gasteiger charge is -2.39. The average molecular weight is 341 g/mol. The maximum absolute atomic E-state index is 13.3. The number of piperidine rings is 1. The van der Waals surface area contributed by atoms with Gasteiger partial charge in [-0.1, -0.05) is 27.7 Å². The van der Waals surface area contributed by atoms with Crippen molar-refractivity contribution in [2.24, 2.45) is 5.16 Å². The lowest BCUT2D eigenvalue weighted by Crippen LogP contribution is -2.51. The number of oxime groups is 1. The van der Waals surface area contributed by atoms with Crippen LogP contribution in [0.5, 0.6) is 0 Å². The zero-order chi connectivity index (χ0) is 14.3. The molecule has 3 rings (SSSR count). The van der Waals surface area contributed by atoms with E-state index in [2.05, 4.69) is 27.7 Å². The Morgan fingerprint density at radius 3 is 3.05 bits per heavy atom. The molecule has 2 aliphatic rings. The third-order valence-electron chi connectivity index (χ3n) is 3.72. The molecule has 1 saturated heterocycles. The van der Waals surface area contributed by atoms with Crippen molar-refractivity contribution < 1.29 is 14.3 Å². The molecule has 0 radical (unpaired) electrons. The Hall–Kier alpha value is -1.40. The van der Waals surface area contributed by atoms with E-state index in [9.17, 15) is 9.50 Å². The van der Waals surface area contributed by atoms with Crippen LogP contribution in [0.25, 0.3) is 0 Å². The number of benzene rings is 1. The van der Waals surface area contributed by atoms with Crippen LogP contribution in [0.3, 0.4) is 0 Å². The van der Waals surface area contributed by atoms with Gasteiger partial charge >= 0.3 is 0 Å². The highest BCUT2D eigenvalue weighted by atomic mass is 79.9. The molecule has 1 fully saturated rings. The molecule has 106 valence electrons. The maximum Gasteiger partial charge on any atom is 0.261 e. The molecule has 2 aliphatic heterocycles. The number of rotatable bonds is 2. The van der Waals surface area contributed by atoms with Gasteiger partial charge in [-0.3, -0.25) is 0 Å². The number of aliphatic hydroxyl groups is 1. The van der Waals surface area contributed by atoms with Gasteiger partial charge < -0.3 is 14.8 Å². The van der Waals surface area contributed by atoms with Crippen molar-refractivity contribution >= 4 is 21.8 Å². The SMILES string of the molecule is C=C1CCCN2C1=NOC2(CO)c1ccc(F)cc1Br. The van der Waals surface area contributed by atoms with Gasteiger partial charge in [-0.25, -0.2) is 4.39 Å². The van der Waals surface area contributed by atoms with Gasteiger partial charge in [0.1, 0.15) is 12.4 Å². The first-order valence-corrected chi connectivity index (χ1v) is 7.16. The minimum absolute atomic E-state index is 0.280. The summed E-state index contributed by atoms with van der Waals surface area (Å²) in [5.74, 6) is 0.317. The van der Waals surface area contributed by atoms with Crippen molar-refractivity contribution in [2.75, 3.05) is 13.2 Å². The lowest BCUT2D eigenvalue weighted by molar-refractivity contribution is -0.137. The molecule has 1 N–H and O–H groups in total. The van der Waals surface area contributed by atoms with E-state index in [1.807, 2.05) is 4.90 Å². The molecule has 2 heterocycles. The van der Waals surface area contributed by atoms with Crippen LogP contribution in [0.15, 0.2) is 40.0 Å². The van der Waals surface area contributed by atoms with E-state index >= 15 is 0 Å². The van der Waals surface area contributed by atoms with Crippen LogP contribution in [0.1, 0.15) is 18.4 Å². The molecule has 0 saturated carbocycles.